The van der Waals surface area contributed by atoms with E-state index in [0.29, 0.717) is 6.42 Å². The van der Waals surface area contributed by atoms with E-state index < -0.39 is 0 Å². The van der Waals surface area contributed by atoms with Crippen molar-refractivity contribution in [2.75, 3.05) is 0 Å². The average molecular weight is 665 g/mol. The zero-order valence-corrected chi connectivity index (χ0v) is 29.3. The predicted molar refractivity (Wildman–Crippen MR) is 221 cm³/mol. The van der Waals surface area contributed by atoms with E-state index in [-0.39, 0.29) is 5.41 Å². The van der Waals surface area contributed by atoms with Crippen LogP contribution in [0.15, 0.2) is 180 Å². The van der Waals surface area contributed by atoms with E-state index in [9.17, 15) is 0 Å². The minimum Gasteiger partial charge on any atom is -0.232 e. The van der Waals surface area contributed by atoms with Crippen molar-refractivity contribution in [2.45, 2.75) is 25.7 Å². The molecule has 0 bridgehead atoms. The van der Waals surface area contributed by atoms with Crippen molar-refractivity contribution in [2.24, 2.45) is 9.98 Å². The molecule has 1 aliphatic carbocycles. The monoisotopic (exact) mass is 664 g/mol. The minimum absolute atomic E-state index is 0.105. The molecule has 8 aromatic rings. The number of hydrogen-bond acceptors (Lipinski definition) is 2. The molecule has 0 fully saturated rings. The molecule has 0 unspecified atom stereocenters. The number of rotatable bonds is 4. The van der Waals surface area contributed by atoms with E-state index in [1.54, 1.807) is 0 Å². The first-order valence-corrected chi connectivity index (χ1v) is 18.1. The Bertz CT molecular complexity index is 2850. The van der Waals surface area contributed by atoms with Crippen LogP contribution in [0, 0.1) is 0 Å². The van der Waals surface area contributed by atoms with Crippen molar-refractivity contribution in [3.8, 4) is 22.3 Å². The summed E-state index contributed by atoms with van der Waals surface area (Å²) in [6, 6.07) is 59.5. The highest BCUT2D eigenvalue weighted by Crippen LogP contribution is 2.50. The maximum Gasteiger partial charge on any atom is 0.160 e. The minimum atomic E-state index is -0.105. The zero-order chi connectivity index (χ0) is 34.8. The van der Waals surface area contributed by atoms with E-state index in [1.807, 2.05) is 0 Å². The molecule has 2 aliphatic rings. The molecule has 0 radical (unpaired) electrons. The fourth-order valence-corrected chi connectivity index (χ4v) is 8.29. The molecule has 10 rings (SSSR count). The van der Waals surface area contributed by atoms with Crippen molar-refractivity contribution in [1.29, 1.82) is 0 Å². The van der Waals surface area contributed by atoms with Crippen LogP contribution in [0.3, 0.4) is 0 Å². The lowest BCUT2D eigenvalue weighted by molar-refractivity contribution is 0.660. The Morgan fingerprint density at radius 2 is 0.942 bits per heavy atom. The summed E-state index contributed by atoms with van der Waals surface area (Å²) in [6.07, 6.45) is 2.92. The second-order valence-corrected chi connectivity index (χ2v) is 14.6. The van der Waals surface area contributed by atoms with E-state index in [1.165, 1.54) is 60.1 Å². The topological polar surface area (TPSA) is 24.7 Å². The van der Waals surface area contributed by atoms with Crippen molar-refractivity contribution in [3.05, 3.63) is 198 Å². The highest BCUT2D eigenvalue weighted by atomic mass is 14.9. The summed E-state index contributed by atoms with van der Waals surface area (Å²) in [4.78, 5) is 11.0. The largest absolute Gasteiger partial charge is 0.232 e. The Morgan fingerprint density at radius 1 is 0.404 bits per heavy atom. The molecule has 0 saturated heterocycles. The van der Waals surface area contributed by atoms with E-state index in [4.69, 9.17) is 9.98 Å². The van der Waals surface area contributed by atoms with Crippen LogP contribution in [-0.4, -0.2) is 11.5 Å². The zero-order valence-electron chi connectivity index (χ0n) is 29.3. The fraction of sp³-hybridized carbons (Fsp3) is 0.0800. The third-order valence-electron chi connectivity index (χ3n) is 11.1. The van der Waals surface area contributed by atoms with E-state index in [2.05, 4.69) is 184 Å². The summed E-state index contributed by atoms with van der Waals surface area (Å²) < 4.78 is 0. The summed E-state index contributed by atoms with van der Waals surface area (Å²) in [5.74, 6) is 0.726. The van der Waals surface area contributed by atoms with Crippen LogP contribution < -0.4 is 0 Å². The first-order valence-electron chi connectivity index (χ1n) is 18.1. The lowest BCUT2D eigenvalue weighted by Gasteiger charge is -2.22. The highest BCUT2D eigenvalue weighted by molar-refractivity contribution is 6.19. The number of benzene rings is 8. The highest BCUT2D eigenvalue weighted by Gasteiger charge is 2.35. The lowest BCUT2D eigenvalue weighted by Crippen LogP contribution is -2.15. The lowest BCUT2D eigenvalue weighted by atomic mass is 9.81. The number of allylic oxidation sites excluding steroid dienone is 1. The van der Waals surface area contributed by atoms with Crippen LogP contribution in [-0.2, 0) is 5.41 Å². The SMILES string of the molecule is CC1(C)c2ccccc2-c2ccc(-c3cc4ccccc4cc3C3=NC(c4ccc5ccccc5c4)=CCC(c4ccc5ccccc5c4)=N3)cc21. The first-order chi connectivity index (χ1) is 25.5. The van der Waals surface area contributed by atoms with Gasteiger partial charge in [-0.15, -0.1) is 0 Å². The standard InChI is InChI=1S/C50H36N2/c1-50(2)45-18-10-9-17-41(45)42-24-23-38(31-46(42)50)43-29-36-15-7-8-16-37(36)30-44(43)49-51-47(39-21-19-32-11-3-5-13-34(32)27-39)25-26-48(52-49)40-22-20-33-12-4-6-14-35(33)28-40/h3-25,27-31H,26H2,1-2H3. The van der Waals surface area contributed by atoms with Gasteiger partial charge >= 0.3 is 0 Å². The van der Waals surface area contributed by atoms with Gasteiger partial charge in [0.1, 0.15) is 0 Å². The van der Waals surface area contributed by atoms with E-state index >= 15 is 0 Å². The number of aliphatic imine (C=N–C) groups is 2. The Kier molecular flexibility index (Phi) is 6.94. The van der Waals surface area contributed by atoms with Crippen LogP contribution in [0.5, 0.6) is 0 Å². The van der Waals surface area contributed by atoms with Gasteiger partial charge in [0.2, 0.25) is 0 Å². The van der Waals surface area contributed by atoms with Crippen LogP contribution >= 0.6 is 0 Å². The number of nitrogens with zero attached hydrogens (tertiary/aromatic N) is 2. The maximum absolute atomic E-state index is 5.50. The second-order valence-electron chi connectivity index (χ2n) is 14.6. The van der Waals surface area contributed by atoms with Gasteiger partial charge in [0, 0.05) is 23.0 Å². The number of fused-ring (bicyclic) bond motifs is 6. The summed E-state index contributed by atoms with van der Waals surface area (Å²) in [7, 11) is 0. The van der Waals surface area contributed by atoms with Crippen molar-refractivity contribution in [3.63, 3.8) is 0 Å². The van der Waals surface area contributed by atoms with Gasteiger partial charge < -0.3 is 0 Å². The molecule has 2 heteroatoms. The van der Waals surface area contributed by atoms with Crippen LogP contribution in [0.25, 0.3) is 60.3 Å². The van der Waals surface area contributed by atoms with Gasteiger partial charge in [-0.2, -0.15) is 0 Å². The molecule has 1 aliphatic heterocycles. The Labute approximate surface area is 304 Å². The third kappa shape index (κ3) is 5.02. The van der Waals surface area contributed by atoms with Gasteiger partial charge in [-0.05, 0) is 102 Å². The van der Waals surface area contributed by atoms with Crippen molar-refractivity contribution < 1.29 is 0 Å². The molecule has 52 heavy (non-hydrogen) atoms. The molecule has 8 aromatic carbocycles. The summed E-state index contributed by atoms with van der Waals surface area (Å²) in [6.45, 7) is 4.69. The molecule has 246 valence electrons. The summed E-state index contributed by atoms with van der Waals surface area (Å²) in [5, 5.41) is 7.21. The average Bonchev–Trinajstić information content (AvgIpc) is 3.30. The van der Waals surface area contributed by atoms with Gasteiger partial charge in [0.15, 0.2) is 5.84 Å². The molecule has 1 heterocycles. The molecular formula is C50H36N2. The quantitative estimate of drug-likeness (QED) is 0.179. The Morgan fingerprint density at radius 3 is 1.65 bits per heavy atom. The third-order valence-corrected chi connectivity index (χ3v) is 11.1. The number of hydrogen-bond donors (Lipinski definition) is 0. The van der Waals surface area contributed by atoms with Crippen molar-refractivity contribution in [1.82, 2.24) is 0 Å². The van der Waals surface area contributed by atoms with Crippen LogP contribution in [0.4, 0.5) is 0 Å². The molecule has 2 nitrogen and oxygen atoms in total. The molecule has 0 aromatic heterocycles. The molecule has 0 amide bonds. The smallest absolute Gasteiger partial charge is 0.160 e. The molecule has 0 spiro atoms. The van der Waals surface area contributed by atoms with Crippen LogP contribution in [0.2, 0.25) is 0 Å². The molecule has 0 atom stereocenters. The van der Waals surface area contributed by atoms with E-state index in [0.717, 1.165) is 39.5 Å². The van der Waals surface area contributed by atoms with Gasteiger partial charge in [0.05, 0.1) is 11.4 Å². The Balaban J connectivity index is 1.20. The molecule has 0 N–H and O–H groups in total. The van der Waals surface area contributed by atoms with Crippen LogP contribution in [0.1, 0.15) is 48.1 Å². The normalized spacial score (nSPS) is 14.8. The number of amidine groups is 1. The fourth-order valence-electron chi connectivity index (χ4n) is 8.29. The van der Waals surface area contributed by atoms with Gasteiger partial charge in [-0.3, -0.25) is 0 Å². The van der Waals surface area contributed by atoms with Gasteiger partial charge in [-0.1, -0.05) is 153 Å². The molecular weight excluding hydrogens is 629 g/mol. The first kappa shape index (κ1) is 30.4. The Hall–Kier alpha value is -6.38. The van der Waals surface area contributed by atoms with Gasteiger partial charge in [-0.25, -0.2) is 9.98 Å². The molecule has 0 saturated carbocycles. The summed E-state index contributed by atoms with van der Waals surface area (Å²) in [5.41, 5.74) is 12.7. The predicted octanol–water partition coefficient (Wildman–Crippen LogP) is 12.8. The summed E-state index contributed by atoms with van der Waals surface area (Å²) >= 11 is 0. The van der Waals surface area contributed by atoms with Gasteiger partial charge in [0.25, 0.3) is 0 Å². The second kappa shape index (κ2) is 11.9. The maximum atomic E-state index is 5.50. The van der Waals surface area contributed by atoms with Crippen molar-refractivity contribution >= 4 is 49.6 Å².